The minimum atomic E-state index is 0.252. The van der Waals surface area contributed by atoms with Gasteiger partial charge in [-0.15, -0.1) is 0 Å². The van der Waals surface area contributed by atoms with Crippen molar-refractivity contribution in [2.24, 2.45) is 0 Å². The number of para-hydroxylation sites is 1. The molecule has 2 aromatic rings. The van der Waals surface area contributed by atoms with Crippen LogP contribution in [0.1, 0.15) is 29.5 Å². The number of hydrogen-bond acceptors (Lipinski definition) is 4. The number of benzene rings is 2. The van der Waals surface area contributed by atoms with Crippen molar-refractivity contribution >= 4 is 5.91 Å². The predicted molar refractivity (Wildman–Crippen MR) is 124 cm³/mol. The molecule has 0 spiro atoms. The first-order valence-electron chi connectivity index (χ1n) is 11.4. The van der Waals surface area contributed by atoms with Crippen LogP contribution in [0.15, 0.2) is 48.5 Å². The predicted octanol–water partition coefficient (Wildman–Crippen LogP) is 3.35. The van der Waals surface area contributed by atoms with Gasteiger partial charge < -0.3 is 14.5 Å². The van der Waals surface area contributed by atoms with E-state index >= 15 is 0 Å². The topological polar surface area (TPSA) is 36.0 Å². The molecular formula is C26H35N3O2. The highest BCUT2D eigenvalue weighted by molar-refractivity contribution is 5.79. The number of amides is 1. The smallest absolute Gasteiger partial charge is 0.227 e. The average molecular weight is 422 g/mol. The van der Waals surface area contributed by atoms with Gasteiger partial charge in [0.1, 0.15) is 12.4 Å². The molecule has 1 amide bonds. The van der Waals surface area contributed by atoms with Crippen LogP contribution in [0.2, 0.25) is 0 Å². The zero-order chi connectivity index (χ0) is 21.8. The summed E-state index contributed by atoms with van der Waals surface area (Å²) < 4.78 is 6.17. The molecule has 1 fully saturated rings. The molecule has 5 nitrogen and oxygen atoms in total. The van der Waals surface area contributed by atoms with E-state index in [1.54, 1.807) is 0 Å². The van der Waals surface area contributed by atoms with Crippen LogP contribution in [0, 0.1) is 6.92 Å². The van der Waals surface area contributed by atoms with E-state index in [9.17, 15) is 4.79 Å². The fraction of sp³-hybridized carbons (Fsp3) is 0.500. The molecule has 166 valence electrons. The molecule has 0 saturated carbocycles. The fourth-order valence-corrected chi connectivity index (χ4v) is 4.82. The highest BCUT2D eigenvalue weighted by Gasteiger charge is 2.33. The van der Waals surface area contributed by atoms with Gasteiger partial charge in [0.05, 0.1) is 12.5 Å². The quantitative estimate of drug-likeness (QED) is 0.717. The molecule has 0 unspecified atom stereocenters. The van der Waals surface area contributed by atoms with E-state index in [1.165, 1.54) is 11.1 Å². The molecule has 0 aliphatic carbocycles. The normalized spacial score (nSPS) is 21.6. The van der Waals surface area contributed by atoms with Gasteiger partial charge in [0.2, 0.25) is 5.91 Å². The summed E-state index contributed by atoms with van der Waals surface area (Å²) in [6.45, 7) is 6.34. The number of hydrogen-bond donors (Lipinski definition) is 0. The number of fused-ring (bicyclic) bond motifs is 1. The Bertz CT molecular complexity index is 880. The minimum absolute atomic E-state index is 0.252. The second-order valence-electron chi connectivity index (χ2n) is 9.31. The molecule has 31 heavy (non-hydrogen) atoms. The number of likely N-dealkylation sites (N-methyl/N-ethyl adjacent to an activating group) is 1. The number of aryl methyl sites for hydroxylation is 1. The van der Waals surface area contributed by atoms with Gasteiger partial charge in [0.25, 0.3) is 0 Å². The molecule has 2 atom stereocenters. The molecule has 0 N–H and O–H groups in total. The molecule has 5 heteroatoms. The Morgan fingerprint density at radius 3 is 2.65 bits per heavy atom. The van der Waals surface area contributed by atoms with Crippen molar-refractivity contribution in [2.45, 2.75) is 44.8 Å². The number of ether oxygens (including phenoxy) is 1. The van der Waals surface area contributed by atoms with Crippen molar-refractivity contribution in [3.05, 3.63) is 65.2 Å². The van der Waals surface area contributed by atoms with Crippen LogP contribution in [0.5, 0.6) is 5.75 Å². The Labute approximate surface area is 186 Å². The Morgan fingerprint density at radius 2 is 1.87 bits per heavy atom. The third-order valence-corrected chi connectivity index (χ3v) is 6.49. The van der Waals surface area contributed by atoms with Crippen LogP contribution in [-0.2, 0) is 17.8 Å². The van der Waals surface area contributed by atoms with Gasteiger partial charge in [-0.3, -0.25) is 9.69 Å². The van der Waals surface area contributed by atoms with E-state index in [1.807, 2.05) is 6.07 Å². The zero-order valence-electron chi connectivity index (χ0n) is 19.1. The molecule has 4 rings (SSSR count). The van der Waals surface area contributed by atoms with Gasteiger partial charge in [-0.1, -0.05) is 48.0 Å². The Hall–Kier alpha value is -2.37. The summed E-state index contributed by atoms with van der Waals surface area (Å²) in [5.41, 5.74) is 3.56. The molecule has 0 aromatic heterocycles. The zero-order valence-corrected chi connectivity index (χ0v) is 19.1. The number of carbonyl (C=O) groups is 1. The number of likely N-dealkylation sites (tertiary alicyclic amines) is 1. The van der Waals surface area contributed by atoms with Crippen molar-refractivity contribution in [1.82, 2.24) is 14.7 Å². The summed E-state index contributed by atoms with van der Waals surface area (Å²) in [7, 11) is 4.23. The van der Waals surface area contributed by atoms with Crippen molar-refractivity contribution in [3.8, 4) is 5.75 Å². The first-order chi connectivity index (χ1) is 15.0. The lowest BCUT2D eigenvalue weighted by Crippen LogP contribution is -2.50. The highest BCUT2D eigenvalue weighted by atomic mass is 16.5. The van der Waals surface area contributed by atoms with Crippen molar-refractivity contribution in [1.29, 1.82) is 0 Å². The van der Waals surface area contributed by atoms with Gasteiger partial charge in [-0.25, -0.2) is 0 Å². The Kier molecular flexibility index (Phi) is 6.93. The standard InChI is InChI=1S/C26H35N3O2/c1-20-10-12-21(13-11-20)15-26(30)29-14-6-8-23(29)18-28-16-22-7-4-5-9-25(22)31-19-24(28)17-27(2)3/h4-5,7,9-13,23-24H,6,8,14-19H2,1-3H3/t23-,24+/m1/s1. The van der Waals surface area contributed by atoms with Crippen LogP contribution in [0.25, 0.3) is 0 Å². The van der Waals surface area contributed by atoms with Crippen molar-refractivity contribution < 1.29 is 9.53 Å². The fourth-order valence-electron chi connectivity index (χ4n) is 4.82. The summed E-state index contributed by atoms with van der Waals surface area (Å²) in [4.78, 5) is 20.0. The van der Waals surface area contributed by atoms with Gasteiger partial charge in [-0.05, 0) is 45.5 Å². The van der Waals surface area contributed by atoms with E-state index in [-0.39, 0.29) is 11.9 Å². The van der Waals surface area contributed by atoms with Crippen LogP contribution < -0.4 is 4.74 Å². The molecule has 2 aliphatic rings. The number of rotatable bonds is 6. The molecular weight excluding hydrogens is 386 g/mol. The van der Waals surface area contributed by atoms with Crippen LogP contribution >= 0.6 is 0 Å². The molecule has 2 aliphatic heterocycles. The molecule has 0 radical (unpaired) electrons. The lowest BCUT2D eigenvalue weighted by Gasteiger charge is -2.35. The second kappa shape index (κ2) is 9.84. The van der Waals surface area contributed by atoms with Crippen LogP contribution in [0.3, 0.4) is 0 Å². The van der Waals surface area contributed by atoms with Crippen molar-refractivity contribution in [3.63, 3.8) is 0 Å². The summed E-state index contributed by atoms with van der Waals surface area (Å²) in [6.07, 6.45) is 2.65. The monoisotopic (exact) mass is 421 g/mol. The lowest BCUT2D eigenvalue weighted by atomic mass is 10.1. The van der Waals surface area contributed by atoms with Gasteiger partial charge in [-0.2, -0.15) is 0 Å². The molecule has 2 aromatic carbocycles. The maximum atomic E-state index is 13.2. The molecule has 0 bridgehead atoms. The second-order valence-corrected chi connectivity index (χ2v) is 9.31. The van der Waals surface area contributed by atoms with E-state index in [2.05, 4.69) is 78.2 Å². The minimum Gasteiger partial charge on any atom is -0.492 e. The SMILES string of the molecule is Cc1ccc(CC(=O)N2CCC[C@@H]2CN2Cc3ccccc3OC[C@@H]2CN(C)C)cc1. The maximum absolute atomic E-state index is 13.2. The van der Waals surface area contributed by atoms with E-state index in [0.717, 1.165) is 50.3 Å². The highest BCUT2D eigenvalue weighted by Crippen LogP contribution is 2.27. The first kappa shape index (κ1) is 21.8. The first-order valence-corrected chi connectivity index (χ1v) is 11.4. The van der Waals surface area contributed by atoms with Crippen LogP contribution in [-0.4, -0.2) is 73.0 Å². The third-order valence-electron chi connectivity index (χ3n) is 6.49. The summed E-state index contributed by atoms with van der Waals surface area (Å²) in [5, 5.41) is 0. The molecule has 1 saturated heterocycles. The van der Waals surface area contributed by atoms with Crippen LogP contribution in [0.4, 0.5) is 0 Å². The number of nitrogens with zero attached hydrogens (tertiary/aromatic N) is 3. The van der Waals surface area contributed by atoms with E-state index < -0.39 is 0 Å². The van der Waals surface area contributed by atoms with E-state index in [0.29, 0.717) is 19.1 Å². The maximum Gasteiger partial charge on any atom is 0.227 e. The third kappa shape index (κ3) is 5.46. The van der Waals surface area contributed by atoms with Gasteiger partial charge >= 0.3 is 0 Å². The van der Waals surface area contributed by atoms with Gasteiger partial charge in [0.15, 0.2) is 0 Å². The van der Waals surface area contributed by atoms with E-state index in [4.69, 9.17) is 4.74 Å². The van der Waals surface area contributed by atoms with Crippen molar-refractivity contribution in [2.75, 3.05) is 40.3 Å². The summed E-state index contributed by atoms with van der Waals surface area (Å²) in [6, 6.07) is 17.3. The largest absolute Gasteiger partial charge is 0.492 e. The van der Waals surface area contributed by atoms with Gasteiger partial charge in [0, 0.05) is 37.8 Å². The summed E-state index contributed by atoms with van der Waals surface area (Å²) in [5.74, 6) is 1.24. The average Bonchev–Trinajstić information content (AvgIpc) is 3.14. The molecule has 2 heterocycles. The summed E-state index contributed by atoms with van der Waals surface area (Å²) >= 11 is 0. The number of carbonyl (C=O) groups excluding carboxylic acids is 1. The Morgan fingerprint density at radius 1 is 1.10 bits per heavy atom. The lowest BCUT2D eigenvalue weighted by molar-refractivity contribution is -0.131. The Balaban J connectivity index is 1.47.